The maximum absolute atomic E-state index is 11.7. The third-order valence-electron chi connectivity index (χ3n) is 3.18. The molecule has 1 aromatic carbocycles. The zero-order valence-electron chi connectivity index (χ0n) is 11.0. The molecular weight excluding hydrogens is 256 g/mol. The van der Waals surface area contributed by atoms with E-state index in [9.17, 15) is 4.79 Å². The van der Waals surface area contributed by atoms with Gasteiger partial charge in [0.15, 0.2) is 11.5 Å². The first-order chi connectivity index (χ1) is 9.83. The molecule has 0 aliphatic carbocycles. The predicted molar refractivity (Wildman–Crippen MR) is 74.1 cm³/mol. The van der Waals surface area contributed by atoms with Gasteiger partial charge in [0.25, 0.3) is 5.91 Å². The number of H-pyrrole nitrogens is 1. The molecule has 1 atom stereocenters. The molecule has 0 radical (unpaired) electrons. The van der Waals surface area contributed by atoms with Crippen LogP contribution in [0.2, 0.25) is 0 Å². The second-order valence-corrected chi connectivity index (χ2v) is 4.64. The van der Waals surface area contributed by atoms with Crippen LogP contribution >= 0.6 is 0 Å². The first kappa shape index (κ1) is 12.6. The number of benzene rings is 1. The molecule has 104 valence electrons. The number of aromatic amines is 1. The van der Waals surface area contributed by atoms with Crippen molar-refractivity contribution in [2.24, 2.45) is 0 Å². The number of carbonyl (C=O) groups excluding carboxylic acids is 1. The average molecular weight is 272 g/mol. The second-order valence-electron chi connectivity index (χ2n) is 4.64. The number of carbonyl (C=O) groups is 1. The van der Waals surface area contributed by atoms with E-state index in [2.05, 4.69) is 10.3 Å². The van der Waals surface area contributed by atoms with E-state index in [4.69, 9.17) is 9.47 Å². The summed E-state index contributed by atoms with van der Waals surface area (Å²) in [4.78, 5) is 14.6. The number of fused-ring (bicyclic) bond motifs is 1. The van der Waals surface area contributed by atoms with E-state index in [0.29, 0.717) is 25.1 Å². The Labute approximate surface area is 116 Å². The van der Waals surface area contributed by atoms with Crippen LogP contribution in [0.15, 0.2) is 42.7 Å². The molecule has 0 fully saturated rings. The molecule has 20 heavy (non-hydrogen) atoms. The molecule has 3 rings (SSSR count). The van der Waals surface area contributed by atoms with Gasteiger partial charge in [-0.1, -0.05) is 12.1 Å². The van der Waals surface area contributed by atoms with Gasteiger partial charge in [-0.25, -0.2) is 0 Å². The minimum atomic E-state index is -0.0802. The molecule has 2 N–H and O–H groups in total. The van der Waals surface area contributed by atoms with E-state index in [1.807, 2.05) is 24.3 Å². The molecule has 0 saturated carbocycles. The number of amides is 1. The van der Waals surface area contributed by atoms with Crippen molar-refractivity contribution < 1.29 is 14.3 Å². The van der Waals surface area contributed by atoms with Crippen molar-refractivity contribution in [3.05, 3.63) is 48.3 Å². The van der Waals surface area contributed by atoms with Crippen LogP contribution in [-0.4, -0.2) is 30.1 Å². The summed E-state index contributed by atoms with van der Waals surface area (Å²) in [6.07, 6.45) is 4.08. The standard InChI is InChI=1S/C15H16N2O3/c18-15(11-5-7-16-9-11)17-8-6-12-10-19-13-3-1-2-4-14(13)20-12/h1-5,7,9,12,16H,6,8,10H2,(H,17,18). The van der Waals surface area contributed by atoms with Crippen molar-refractivity contribution in [1.82, 2.24) is 10.3 Å². The highest BCUT2D eigenvalue weighted by atomic mass is 16.6. The molecule has 1 unspecified atom stereocenters. The fourth-order valence-corrected chi connectivity index (χ4v) is 2.12. The van der Waals surface area contributed by atoms with E-state index >= 15 is 0 Å². The maximum atomic E-state index is 11.7. The van der Waals surface area contributed by atoms with Crippen LogP contribution in [0, 0.1) is 0 Å². The number of ether oxygens (including phenoxy) is 2. The van der Waals surface area contributed by atoms with Crippen LogP contribution < -0.4 is 14.8 Å². The number of rotatable bonds is 4. The third kappa shape index (κ3) is 2.77. The summed E-state index contributed by atoms with van der Waals surface area (Å²) in [6.45, 7) is 1.07. The number of hydrogen-bond acceptors (Lipinski definition) is 3. The Morgan fingerprint density at radius 1 is 1.30 bits per heavy atom. The molecule has 5 nitrogen and oxygen atoms in total. The predicted octanol–water partition coefficient (Wildman–Crippen LogP) is 1.97. The Morgan fingerprint density at radius 3 is 2.95 bits per heavy atom. The highest BCUT2D eigenvalue weighted by Gasteiger charge is 2.20. The fraction of sp³-hybridized carbons (Fsp3) is 0.267. The third-order valence-corrected chi connectivity index (χ3v) is 3.18. The van der Waals surface area contributed by atoms with E-state index in [1.165, 1.54) is 0 Å². The number of nitrogens with one attached hydrogen (secondary N) is 2. The Hall–Kier alpha value is -2.43. The molecule has 1 aliphatic rings. The van der Waals surface area contributed by atoms with Crippen LogP contribution in [0.3, 0.4) is 0 Å². The molecule has 5 heteroatoms. The number of aromatic nitrogens is 1. The monoisotopic (exact) mass is 272 g/mol. The zero-order chi connectivity index (χ0) is 13.8. The lowest BCUT2D eigenvalue weighted by Gasteiger charge is -2.26. The van der Waals surface area contributed by atoms with E-state index < -0.39 is 0 Å². The summed E-state index contributed by atoms with van der Waals surface area (Å²) in [6, 6.07) is 9.35. The number of para-hydroxylation sites is 2. The van der Waals surface area contributed by atoms with Crippen molar-refractivity contribution in [3.63, 3.8) is 0 Å². The number of hydrogen-bond donors (Lipinski definition) is 2. The van der Waals surface area contributed by atoms with Crippen LogP contribution in [0.5, 0.6) is 11.5 Å². The van der Waals surface area contributed by atoms with Crippen molar-refractivity contribution in [2.45, 2.75) is 12.5 Å². The van der Waals surface area contributed by atoms with Gasteiger partial charge in [-0.3, -0.25) is 4.79 Å². The van der Waals surface area contributed by atoms with Gasteiger partial charge in [0, 0.05) is 25.4 Å². The molecule has 0 bridgehead atoms. The smallest absolute Gasteiger partial charge is 0.252 e. The summed E-state index contributed by atoms with van der Waals surface area (Å²) in [5, 5.41) is 2.86. The quantitative estimate of drug-likeness (QED) is 0.894. The Bertz CT molecular complexity index is 581. The van der Waals surface area contributed by atoms with Crippen molar-refractivity contribution in [3.8, 4) is 11.5 Å². The molecule has 1 aliphatic heterocycles. The topological polar surface area (TPSA) is 63.4 Å². The maximum Gasteiger partial charge on any atom is 0.252 e. The summed E-state index contributed by atoms with van der Waals surface area (Å²) in [5.74, 6) is 1.46. The Morgan fingerprint density at radius 2 is 2.15 bits per heavy atom. The van der Waals surface area contributed by atoms with Crippen molar-refractivity contribution >= 4 is 5.91 Å². The van der Waals surface area contributed by atoms with Gasteiger partial charge in [0.05, 0.1) is 5.56 Å². The lowest BCUT2D eigenvalue weighted by Crippen LogP contribution is -2.34. The normalized spacial score (nSPS) is 16.7. The lowest BCUT2D eigenvalue weighted by atomic mass is 10.2. The second kappa shape index (κ2) is 5.69. The van der Waals surface area contributed by atoms with Crippen molar-refractivity contribution in [2.75, 3.05) is 13.2 Å². The Balaban J connectivity index is 1.47. The molecule has 2 heterocycles. The van der Waals surface area contributed by atoms with Crippen molar-refractivity contribution in [1.29, 1.82) is 0 Å². The van der Waals surface area contributed by atoms with Gasteiger partial charge in [-0.05, 0) is 18.2 Å². The fourth-order valence-electron chi connectivity index (χ4n) is 2.12. The van der Waals surface area contributed by atoms with Gasteiger partial charge in [-0.15, -0.1) is 0 Å². The average Bonchev–Trinajstić information content (AvgIpc) is 3.01. The van der Waals surface area contributed by atoms with E-state index in [1.54, 1.807) is 18.5 Å². The van der Waals surface area contributed by atoms with Crippen LogP contribution in [-0.2, 0) is 0 Å². The summed E-state index contributed by atoms with van der Waals surface area (Å²) in [7, 11) is 0. The molecule has 1 aromatic heterocycles. The van der Waals surface area contributed by atoms with E-state index in [-0.39, 0.29) is 12.0 Å². The van der Waals surface area contributed by atoms with Crippen LogP contribution in [0.4, 0.5) is 0 Å². The first-order valence-electron chi connectivity index (χ1n) is 6.62. The van der Waals surface area contributed by atoms with E-state index in [0.717, 1.165) is 11.5 Å². The van der Waals surface area contributed by atoms with Crippen LogP contribution in [0.1, 0.15) is 16.8 Å². The highest BCUT2D eigenvalue weighted by Crippen LogP contribution is 2.31. The molecular formula is C15H16N2O3. The summed E-state index contributed by atoms with van der Waals surface area (Å²) in [5.41, 5.74) is 0.635. The molecule has 0 saturated heterocycles. The summed E-state index contributed by atoms with van der Waals surface area (Å²) < 4.78 is 11.4. The first-order valence-corrected chi connectivity index (χ1v) is 6.62. The zero-order valence-corrected chi connectivity index (χ0v) is 11.0. The minimum Gasteiger partial charge on any atom is -0.486 e. The lowest BCUT2D eigenvalue weighted by molar-refractivity contribution is 0.0813. The minimum absolute atomic E-state index is 0.0311. The molecule has 2 aromatic rings. The Kier molecular flexibility index (Phi) is 3.58. The SMILES string of the molecule is O=C(NCCC1COc2ccccc2O1)c1cc[nH]c1. The van der Waals surface area contributed by atoms with Gasteiger partial charge >= 0.3 is 0 Å². The van der Waals surface area contributed by atoms with Gasteiger partial charge in [-0.2, -0.15) is 0 Å². The molecule has 0 spiro atoms. The van der Waals surface area contributed by atoms with Gasteiger partial charge in [0.1, 0.15) is 12.7 Å². The van der Waals surface area contributed by atoms with Gasteiger partial charge in [0.2, 0.25) is 0 Å². The summed E-state index contributed by atoms with van der Waals surface area (Å²) >= 11 is 0. The largest absolute Gasteiger partial charge is 0.486 e. The highest BCUT2D eigenvalue weighted by molar-refractivity contribution is 5.93. The molecule has 1 amide bonds. The van der Waals surface area contributed by atoms with Gasteiger partial charge < -0.3 is 19.8 Å². The van der Waals surface area contributed by atoms with Crippen LogP contribution in [0.25, 0.3) is 0 Å².